The molecule has 0 aliphatic heterocycles. The van der Waals surface area contributed by atoms with E-state index in [4.69, 9.17) is 9.47 Å². The fourth-order valence-electron chi connectivity index (χ4n) is 2.09. The lowest BCUT2D eigenvalue weighted by Gasteiger charge is -2.29. The Morgan fingerprint density at radius 2 is 1.68 bits per heavy atom. The van der Waals surface area contributed by atoms with Gasteiger partial charge in [0, 0.05) is 5.56 Å². The van der Waals surface area contributed by atoms with E-state index in [-0.39, 0.29) is 23.1 Å². The number of phenols is 1. The van der Waals surface area contributed by atoms with Gasteiger partial charge < -0.3 is 19.7 Å². The molecular weight excluding hydrogens is 324 g/mol. The summed E-state index contributed by atoms with van der Waals surface area (Å²) in [6, 6.07) is 4.73. The van der Waals surface area contributed by atoms with E-state index in [1.54, 1.807) is 33.8 Å². The van der Waals surface area contributed by atoms with Gasteiger partial charge >= 0.3 is 11.9 Å². The van der Waals surface area contributed by atoms with Crippen molar-refractivity contribution in [2.75, 3.05) is 13.2 Å². The first kappa shape index (κ1) is 21.0. The molecule has 6 heteroatoms. The molecule has 25 heavy (non-hydrogen) atoms. The third-order valence-electron chi connectivity index (χ3n) is 4.05. The number of aromatic hydroxyl groups is 1. The van der Waals surface area contributed by atoms with Gasteiger partial charge in [-0.25, -0.2) is 0 Å². The van der Waals surface area contributed by atoms with E-state index < -0.39 is 30.8 Å². The van der Waals surface area contributed by atoms with Gasteiger partial charge in [0.1, 0.15) is 19.0 Å². The minimum atomic E-state index is -1.83. The van der Waals surface area contributed by atoms with Crippen molar-refractivity contribution in [2.45, 2.75) is 46.6 Å². The highest BCUT2D eigenvalue weighted by atomic mass is 16.6. The molecule has 0 heterocycles. The normalized spacial score (nSPS) is 14.7. The quantitative estimate of drug-likeness (QED) is 0.699. The number of carbonyl (C=O) groups is 2. The molecule has 1 aromatic carbocycles. The van der Waals surface area contributed by atoms with E-state index in [1.807, 2.05) is 6.92 Å². The largest absolute Gasteiger partial charge is 0.508 e. The summed E-state index contributed by atoms with van der Waals surface area (Å²) in [4.78, 5) is 23.7. The highest BCUT2D eigenvalue weighted by Gasteiger charge is 2.36. The third-order valence-corrected chi connectivity index (χ3v) is 4.05. The monoisotopic (exact) mass is 352 g/mol. The van der Waals surface area contributed by atoms with Crippen molar-refractivity contribution in [3.05, 3.63) is 29.3 Å². The second-order valence-electron chi connectivity index (χ2n) is 6.73. The van der Waals surface area contributed by atoms with Crippen LogP contribution in [0.2, 0.25) is 0 Å². The molecular formula is C19H28O6. The van der Waals surface area contributed by atoms with Crippen molar-refractivity contribution in [3.8, 4) is 5.75 Å². The molecule has 2 atom stereocenters. The Labute approximate surface area is 148 Å². The first-order valence-electron chi connectivity index (χ1n) is 8.46. The molecule has 0 unspecified atom stereocenters. The van der Waals surface area contributed by atoms with Crippen molar-refractivity contribution < 1.29 is 29.3 Å². The number of hydrogen-bond donors (Lipinski definition) is 2. The minimum Gasteiger partial charge on any atom is -0.508 e. The molecule has 0 fully saturated rings. The molecule has 0 saturated heterocycles. The molecule has 0 amide bonds. The lowest BCUT2D eigenvalue weighted by Crippen LogP contribution is -2.39. The summed E-state index contributed by atoms with van der Waals surface area (Å²) >= 11 is 0. The Morgan fingerprint density at radius 3 is 2.16 bits per heavy atom. The maximum Gasteiger partial charge on any atom is 0.308 e. The highest BCUT2D eigenvalue weighted by molar-refractivity contribution is 5.72. The zero-order valence-electron chi connectivity index (χ0n) is 15.5. The van der Waals surface area contributed by atoms with Crippen LogP contribution in [0.3, 0.4) is 0 Å². The number of phenolic OH excluding ortho intramolecular Hbond substituents is 1. The average molecular weight is 352 g/mol. The highest BCUT2D eigenvalue weighted by Crippen LogP contribution is 2.31. The molecule has 1 rings (SSSR count). The fourth-order valence-corrected chi connectivity index (χ4v) is 2.09. The van der Waals surface area contributed by atoms with Crippen molar-refractivity contribution in [2.24, 2.45) is 11.8 Å². The van der Waals surface area contributed by atoms with Crippen LogP contribution in [0.1, 0.15) is 45.2 Å². The van der Waals surface area contributed by atoms with Crippen molar-refractivity contribution >= 4 is 11.9 Å². The molecule has 0 saturated carbocycles. The van der Waals surface area contributed by atoms with Gasteiger partial charge in [-0.05, 0) is 25.0 Å². The van der Waals surface area contributed by atoms with Crippen LogP contribution in [0.15, 0.2) is 18.2 Å². The predicted octanol–water partition coefficient (Wildman–Crippen LogP) is 2.68. The fraction of sp³-hybridized carbons (Fsp3) is 0.579. The smallest absolute Gasteiger partial charge is 0.308 e. The lowest BCUT2D eigenvalue weighted by molar-refractivity contribution is -0.168. The van der Waals surface area contributed by atoms with Crippen LogP contribution in [-0.2, 0) is 24.7 Å². The van der Waals surface area contributed by atoms with Crippen LogP contribution in [0.25, 0.3) is 0 Å². The topological polar surface area (TPSA) is 93.1 Å². The van der Waals surface area contributed by atoms with E-state index in [0.717, 1.165) is 5.56 Å². The van der Waals surface area contributed by atoms with Crippen molar-refractivity contribution in [3.63, 3.8) is 0 Å². The summed E-state index contributed by atoms with van der Waals surface area (Å²) in [5, 5.41) is 21.2. The lowest BCUT2D eigenvalue weighted by atomic mass is 9.93. The summed E-state index contributed by atoms with van der Waals surface area (Å²) in [5.41, 5.74) is -0.878. The Hall–Kier alpha value is -2.08. The molecule has 0 bridgehead atoms. The second-order valence-corrected chi connectivity index (χ2v) is 6.73. The van der Waals surface area contributed by atoms with Gasteiger partial charge in [0.05, 0.1) is 11.8 Å². The molecule has 6 nitrogen and oxygen atoms in total. The van der Waals surface area contributed by atoms with E-state index in [9.17, 15) is 19.8 Å². The van der Waals surface area contributed by atoms with Crippen LogP contribution in [0, 0.1) is 18.8 Å². The Kier molecular flexibility index (Phi) is 7.42. The molecule has 1 aromatic rings. The van der Waals surface area contributed by atoms with E-state index in [1.165, 1.54) is 12.1 Å². The summed E-state index contributed by atoms with van der Waals surface area (Å²) in [5.74, 6) is -1.77. The molecule has 0 radical (unpaired) electrons. The van der Waals surface area contributed by atoms with Crippen LogP contribution in [0.5, 0.6) is 5.75 Å². The number of hydrogen-bond acceptors (Lipinski definition) is 6. The molecule has 0 aliphatic carbocycles. The van der Waals surface area contributed by atoms with Gasteiger partial charge in [0.2, 0.25) is 0 Å². The van der Waals surface area contributed by atoms with Gasteiger partial charge in [-0.1, -0.05) is 39.8 Å². The van der Waals surface area contributed by atoms with Gasteiger partial charge in [-0.3, -0.25) is 9.59 Å². The van der Waals surface area contributed by atoms with Crippen LogP contribution in [-0.4, -0.2) is 35.4 Å². The van der Waals surface area contributed by atoms with E-state index in [2.05, 4.69) is 0 Å². The summed E-state index contributed by atoms with van der Waals surface area (Å²) in [6.07, 6.45) is 0.607. The van der Waals surface area contributed by atoms with E-state index >= 15 is 0 Å². The molecule has 0 aromatic heterocycles. The number of esters is 2. The van der Waals surface area contributed by atoms with Crippen LogP contribution in [0.4, 0.5) is 0 Å². The average Bonchev–Trinajstić information content (AvgIpc) is 2.56. The first-order chi connectivity index (χ1) is 11.6. The standard InChI is InChI=1S/C19H28O6/c1-6-14(5)18(22)25-11-19(23,10-24-17(21)12(2)3)15-8-7-13(4)9-16(15)20/h7-9,12,14,20,23H,6,10-11H2,1-5H3/t14-,19+/m1/s1. The summed E-state index contributed by atoms with van der Waals surface area (Å²) < 4.78 is 10.3. The van der Waals surface area contributed by atoms with Gasteiger partial charge in [-0.2, -0.15) is 0 Å². The maximum atomic E-state index is 11.9. The maximum absolute atomic E-state index is 11.9. The van der Waals surface area contributed by atoms with Gasteiger partial charge in [0.15, 0.2) is 5.60 Å². The Bertz CT molecular complexity index is 610. The Morgan fingerprint density at radius 1 is 1.12 bits per heavy atom. The van der Waals surface area contributed by atoms with Gasteiger partial charge in [0.25, 0.3) is 0 Å². The SMILES string of the molecule is CC[C@@H](C)C(=O)OC[C@@](O)(COC(=O)C(C)C)c1ccc(C)cc1O. The van der Waals surface area contributed by atoms with E-state index in [0.29, 0.717) is 6.42 Å². The minimum absolute atomic E-state index is 0.145. The number of benzene rings is 1. The van der Waals surface area contributed by atoms with Crippen LogP contribution >= 0.6 is 0 Å². The van der Waals surface area contributed by atoms with Crippen molar-refractivity contribution in [1.29, 1.82) is 0 Å². The van der Waals surface area contributed by atoms with Gasteiger partial charge in [-0.15, -0.1) is 0 Å². The number of aryl methyl sites for hydroxylation is 1. The number of carbonyl (C=O) groups excluding carboxylic acids is 2. The number of ether oxygens (including phenoxy) is 2. The molecule has 140 valence electrons. The second kappa shape index (κ2) is 8.85. The molecule has 0 aliphatic rings. The number of aliphatic hydroxyl groups is 1. The Balaban J connectivity index is 3.04. The summed E-state index contributed by atoms with van der Waals surface area (Å²) in [7, 11) is 0. The van der Waals surface area contributed by atoms with Crippen LogP contribution < -0.4 is 0 Å². The zero-order chi connectivity index (χ0) is 19.2. The molecule has 2 N–H and O–H groups in total. The zero-order valence-corrected chi connectivity index (χ0v) is 15.5. The van der Waals surface area contributed by atoms with Crippen molar-refractivity contribution in [1.82, 2.24) is 0 Å². The summed E-state index contributed by atoms with van der Waals surface area (Å²) in [6.45, 7) is 7.89. The predicted molar refractivity (Wildman–Crippen MR) is 93.0 cm³/mol. The first-order valence-corrected chi connectivity index (χ1v) is 8.46. The third kappa shape index (κ3) is 5.74. The molecule has 0 spiro atoms. The number of rotatable bonds is 8.